The van der Waals surface area contributed by atoms with Crippen molar-refractivity contribution in [2.75, 3.05) is 22.1 Å². The fourth-order valence-corrected chi connectivity index (χ4v) is 3.44. The van der Waals surface area contributed by atoms with Gasteiger partial charge in [0.1, 0.15) is 0 Å². The summed E-state index contributed by atoms with van der Waals surface area (Å²) in [4.78, 5) is 24.3. The molecule has 3 rings (SSSR count). The lowest BCUT2D eigenvalue weighted by Gasteiger charge is -2.09. The number of carbonyl (C=O) groups excluding carboxylic acids is 2. The summed E-state index contributed by atoms with van der Waals surface area (Å²) in [6, 6.07) is 21.5. The summed E-state index contributed by atoms with van der Waals surface area (Å²) in [5, 5.41) is 7.89. The molecule has 27 heavy (non-hydrogen) atoms. The Morgan fingerprint density at radius 1 is 0.852 bits per heavy atom. The van der Waals surface area contributed by atoms with Gasteiger partial charge in [0.25, 0.3) is 0 Å². The van der Waals surface area contributed by atoms with Crippen LogP contribution in [0.4, 0.5) is 11.4 Å². The predicted molar refractivity (Wildman–Crippen MR) is 114 cm³/mol. The largest absolute Gasteiger partial charge is 0.325 e. The molecule has 0 aliphatic carbocycles. The van der Waals surface area contributed by atoms with Crippen molar-refractivity contribution in [2.24, 2.45) is 0 Å². The summed E-state index contributed by atoms with van der Waals surface area (Å²) in [7, 11) is 0. The number of thioether (sulfide) groups is 1. The average molecular weight is 378 g/mol. The molecule has 0 unspecified atom stereocenters. The van der Waals surface area contributed by atoms with Crippen molar-refractivity contribution in [1.82, 2.24) is 0 Å². The maximum absolute atomic E-state index is 12.2. The summed E-state index contributed by atoms with van der Waals surface area (Å²) in [5.41, 5.74) is 2.76. The fraction of sp³-hybridized carbons (Fsp3) is 0.182. The molecule has 0 aliphatic rings. The van der Waals surface area contributed by atoms with E-state index in [0.29, 0.717) is 0 Å². The first-order chi connectivity index (χ1) is 13.2. The van der Waals surface area contributed by atoms with Crippen LogP contribution in [-0.4, -0.2) is 23.3 Å². The highest BCUT2D eigenvalue weighted by atomic mass is 32.2. The Labute approximate surface area is 163 Å². The van der Waals surface area contributed by atoms with Gasteiger partial charge in [0.2, 0.25) is 11.8 Å². The van der Waals surface area contributed by atoms with Crippen LogP contribution in [0.3, 0.4) is 0 Å². The molecule has 0 atom stereocenters. The lowest BCUT2D eigenvalue weighted by molar-refractivity contribution is -0.114. The van der Waals surface area contributed by atoms with E-state index in [1.165, 1.54) is 17.3 Å². The zero-order chi connectivity index (χ0) is 19.1. The standard InChI is InChI=1S/C22H22N2O2S/c1-2-16-7-5-10-18(13-16)23-21(25)14-27-15-22(26)24-20-12-6-9-17-8-3-4-11-19(17)20/h3-13H,2,14-15H2,1H3,(H,23,25)(H,24,26). The van der Waals surface area contributed by atoms with Crippen LogP contribution in [0.2, 0.25) is 0 Å². The summed E-state index contributed by atoms with van der Waals surface area (Å²) in [6.07, 6.45) is 0.923. The van der Waals surface area contributed by atoms with Crippen LogP contribution in [-0.2, 0) is 16.0 Å². The van der Waals surface area contributed by atoms with Gasteiger partial charge >= 0.3 is 0 Å². The monoisotopic (exact) mass is 378 g/mol. The number of nitrogens with one attached hydrogen (secondary N) is 2. The van der Waals surface area contributed by atoms with E-state index < -0.39 is 0 Å². The number of amides is 2. The fourth-order valence-electron chi connectivity index (χ4n) is 2.82. The highest BCUT2D eigenvalue weighted by molar-refractivity contribution is 8.00. The maximum Gasteiger partial charge on any atom is 0.234 e. The first kappa shape index (κ1) is 19.0. The molecule has 0 fully saturated rings. The highest BCUT2D eigenvalue weighted by Gasteiger charge is 2.08. The van der Waals surface area contributed by atoms with Gasteiger partial charge in [0, 0.05) is 16.8 Å². The van der Waals surface area contributed by atoms with Crippen molar-refractivity contribution in [3.8, 4) is 0 Å². The Balaban J connectivity index is 1.48. The minimum atomic E-state index is -0.114. The van der Waals surface area contributed by atoms with E-state index >= 15 is 0 Å². The normalized spacial score (nSPS) is 10.6. The van der Waals surface area contributed by atoms with Crippen LogP contribution in [0.15, 0.2) is 66.7 Å². The second-order valence-corrected chi connectivity index (χ2v) is 7.16. The van der Waals surface area contributed by atoms with Crippen molar-refractivity contribution in [1.29, 1.82) is 0 Å². The molecule has 2 amide bonds. The Kier molecular flexibility index (Phi) is 6.49. The van der Waals surface area contributed by atoms with Crippen molar-refractivity contribution in [3.63, 3.8) is 0 Å². The molecular formula is C22H22N2O2S. The number of rotatable bonds is 7. The molecule has 0 heterocycles. The molecule has 2 N–H and O–H groups in total. The molecule has 0 saturated carbocycles. The number of aryl methyl sites for hydroxylation is 1. The van der Waals surface area contributed by atoms with Crippen molar-refractivity contribution < 1.29 is 9.59 Å². The molecule has 5 heteroatoms. The Bertz CT molecular complexity index is 950. The number of fused-ring (bicyclic) bond motifs is 1. The summed E-state index contributed by atoms with van der Waals surface area (Å²) in [5.74, 6) is 0.244. The summed E-state index contributed by atoms with van der Waals surface area (Å²) >= 11 is 1.30. The highest BCUT2D eigenvalue weighted by Crippen LogP contribution is 2.23. The van der Waals surface area contributed by atoms with Crippen LogP contribution in [0.1, 0.15) is 12.5 Å². The Morgan fingerprint density at radius 3 is 2.37 bits per heavy atom. The minimum Gasteiger partial charge on any atom is -0.325 e. The van der Waals surface area contributed by atoms with Crippen LogP contribution in [0.5, 0.6) is 0 Å². The third kappa shape index (κ3) is 5.34. The van der Waals surface area contributed by atoms with E-state index in [0.717, 1.165) is 28.6 Å². The van der Waals surface area contributed by atoms with Crippen molar-refractivity contribution in [3.05, 3.63) is 72.3 Å². The molecule has 0 spiro atoms. The lowest BCUT2D eigenvalue weighted by atomic mass is 10.1. The number of hydrogen-bond donors (Lipinski definition) is 2. The molecule has 0 bridgehead atoms. The lowest BCUT2D eigenvalue weighted by Crippen LogP contribution is -2.18. The number of hydrogen-bond acceptors (Lipinski definition) is 3. The topological polar surface area (TPSA) is 58.2 Å². The van der Waals surface area contributed by atoms with Gasteiger partial charge in [-0.3, -0.25) is 9.59 Å². The third-order valence-corrected chi connectivity index (χ3v) is 5.08. The molecule has 3 aromatic rings. The second kappa shape index (κ2) is 9.24. The molecule has 3 aromatic carbocycles. The molecule has 0 radical (unpaired) electrons. The van der Waals surface area contributed by atoms with E-state index in [2.05, 4.69) is 17.6 Å². The number of carbonyl (C=O) groups is 2. The first-order valence-corrected chi connectivity index (χ1v) is 10.1. The van der Waals surface area contributed by atoms with E-state index in [1.807, 2.05) is 66.7 Å². The van der Waals surface area contributed by atoms with Crippen molar-refractivity contribution >= 4 is 45.7 Å². The van der Waals surface area contributed by atoms with Crippen LogP contribution < -0.4 is 10.6 Å². The van der Waals surface area contributed by atoms with E-state index in [4.69, 9.17) is 0 Å². The van der Waals surface area contributed by atoms with Crippen LogP contribution in [0, 0.1) is 0 Å². The first-order valence-electron chi connectivity index (χ1n) is 8.90. The van der Waals surface area contributed by atoms with Gasteiger partial charge in [-0.25, -0.2) is 0 Å². The average Bonchev–Trinajstić information content (AvgIpc) is 2.68. The summed E-state index contributed by atoms with van der Waals surface area (Å²) < 4.78 is 0. The SMILES string of the molecule is CCc1cccc(NC(=O)CSCC(=O)Nc2cccc3ccccc23)c1. The van der Waals surface area contributed by atoms with Gasteiger partial charge in [-0.05, 0) is 35.6 Å². The summed E-state index contributed by atoms with van der Waals surface area (Å²) in [6.45, 7) is 2.07. The Hall–Kier alpha value is -2.79. The van der Waals surface area contributed by atoms with Gasteiger partial charge in [-0.15, -0.1) is 11.8 Å². The minimum absolute atomic E-state index is 0.105. The smallest absolute Gasteiger partial charge is 0.234 e. The molecule has 4 nitrogen and oxygen atoms in total. The zero-order valence-corrected chi connectivity index (χ0v) is 16.0. The zero-order valence-electron chi connectivity index (χ0n) is 15.2. The third-order valence-electron chi connectivity index (χ3n) is 4.15. The van der Waals surface area contributed by atoms with Gasteiger partial charge in [0.05, 0.1) is 11.5 Å². The van der Waals surface area contributed by atoms with Gasteiger partial charge in [0.15, 0.2) is 0 Å². The van der Waals surface area contributed by atoms with Crippen molar-refractivity contribution in [2.45, 2.75) is 13.3 Å². The van der Waals surface area contributed by atoms with Crippen LogP contribution >= 0.6 is 11.8 Å². The molecule has 0 aliphatic heterocycles. The predicted octanol–water partition coefficient (Wildman–Crippen LogP) is 4.71. The molecule has 0 aromatic heterocycles. The van der Waals surface area contributed by atoms with Gasteiger partial charge < -0.3 is 10.6 Å². The molecular weight excluding hydrogens is 356 g/mol. The van der Waals surface area contributed by atoms with Crippen LogP contribution in [0.25, 0.3) is 10.8 Å². The van der Waals surface area contributed by atoms with E-state index in [-0.39, 0.29) is 23.3 Å². The second-order valence-electron chi connectivity index (χ2n) is 6.17. The maximum atomic E-state index is 12.2. The Morgan fingerprint density at radius 2 is 1.56 bits per heavy atom. The molecule has 138 valence electrons. The number of anilines is 2. The molecule has 0 saturated heterocycles. The van der Waals surface area contributed by atoms with E-state index in [9.17, 15) is 9.59 Å². The van der Waals surface area contributed by atoms with E-state index in [1.54, 1.807) is 0 Å². The quantitative estimate of drug-likeness (QED) is 0.626. The number of benzene rings is 3. The van der Waals surface area contributed by atoms with Gasteiger partial charge in [-0.1, -0.05) is 55.5 Å². The van der Waals surface area contributed by atoms with Gasteiger partial charge in [-0.2, -0.15) is 0 Å².